The highest BCUT2D eigenvalue weighted by molar-refractivity contribution is 7.17. The Morgan fingerprint density at radius 3 is 2.79 bits per heavy atom. The summed E-state index contributed by atoms with van der Waals surface area (Å²) < 4.78 is 1.30. The second kappa shape index (κ2) is 6.35. The monoisotopic (exact) mass is 277 g/mol. The van der Waals surface area contributed by atoms with Crippen LogP contribution in [0.1, 0.15) is 20.3 Å². The lowest BCUT2D eigenvalue weighted by molar-refractivity contribution is 0.356. The molecule has 4 heteroatoms. The van der Waals surface area contributed by atoms with Gasteiger partial charge in [-0.1, -0.05) is 13.8 Å². The van der Waals surface area contributed by atoms with Gasteiger partial charge in [0.15, 0.2) is 0 Å². The molecular formula is C15H23N3S. The lowest BCUT2D eigenvalue weighted by Gasteiger charge is -2.24. The van der Waals surface area contributed by atoms with Gasteiger partial charge >= 0.3 is 0 Å². The van der Waals surface area contributed by atoms with Crippen LogP contribution in [0.5, 0.6) is 0 Å². The zero-order valence-corrected chi connectivity index (χ0v) is 13.0. The van der Waals surface area contributed by atoms with E-state index in [2.05, 4.69) is 60.7 Å². The molecule has 3 nitrogen and oxygen atoms in total. The van der Waals surface area contributed by atoms with Gasteiger partial charge in [0.1, 0.15) is 5.82 Å². The second-order valence-electron chi connectivity index (χ2n) is 5.73. The van der Waals surface area contributed by atoms with Crippen molar-refractivity contribution >= 4 is 27.2 Å². The molecule has 0 aliphatic heterocycles. The molecule has 0 aliphatic carbocycles. The van der Waals surface area contributed by atoms with E-state index in [9.17, 15) is 0 Å². The summed E-state index contributed by atoms with van der Waals surface area (Å²) in [6, 6.07) is 4.67. The highest BCUT2D eigenvalue weighted by Gasteiger charge is 2.14. The van der Waals surface area contributed by atoms with Crippen LogP contribution in [0.2, 0.25) is 0 Å². The molecule has 2 rings (SSSR count). The van der Waals surface area contributed by atoms with Crippen LogP contribution in [0.4, 0.5) is 5.82 Å². The molecule has 1 N–H and O–H groups in total. The minimum absolute atomic E-state index is 0.438. The van der Waals surface area contributed by atoms with E-state index in [1.165, 1.54) is 10.1 Å². The maximum Gasteiger partial charge on any atom is 0.134 e. The number of rotatable bonds is 6. The van der Waals surface area contributed by atoms with Crippen LogP contribution >= 0.6 is 11.3 Å². The average Bonchev–Trinajstić information content (AvgIpc) is 2.76. The Labute approximate surface area is 119 Å². The van der Waals surface area contributed by atoms with Gasteiger partial charge in [-0.3, -0.25) is 0 Å². The van der Waals surface area contributed by atoms with Crippen LogP contribution in [0, 0.1) is 5.92 Å². The number of hydrogen-bond donors (Lipinski definition) is 1. The smallest absolute Gasteiger partial charge is 0.134 e. The molecule has 0 radical (unpaired) electrons. The number of aromatic nitrogens is 1. The molecule has 1 unspecified atom stereocenters. The topological polar surface area (TPSA) is 28.2 Å². The predicted octanol–water partition coefficient (Wildman–Crippen LogP) is 3.68. The zero-order valence-electron chi connectivity index (χ0n) is 12.2. The van der Waals surface area contributed by atoms with Crippen molar-refractivity contribution in [1.82, 2.24) is 9.88 Å². The van der Waals surface area contributed by atoms with Crippen LogP contribution in [0.3, 0.4) is 0 Å². The Kier molecular flexibility index (Phi) is 4.77. The van der Waals surface area contributed by atoms with Gasteiger partial charge in [0, 0.05) is 28.9 Å². The maximum atomic E-state index is 4.51. The molecule has 104 valence electrons. The van der Waals surface area contributed by atoms with E-state index in [1.54, 1.807) is 11.3 Å². The van der Waals surface area contributed by atoms with Gasteiger partial charge < -0.3 is 10.2 Å². The summed E-state index contributed by atoms with van der Waals surface area (Å²) in [5.74, 6) is 1.70. The number of fused-ring (bicyclic) bond motifs is 1. The van der Waals surface area contributed by atoms with Crippen LogP contribution in [0.25, 0.3) is 10.1 Å². The third-order valence-corrected chi connectivity index (χ3v) is 3.94. The zero-order chi connectivity index (χ0) is 13.8. The first kappa shape index (κ1) is 14.3. The Balaban J connectivity index is 2.17. The summed E-state index contributed by atoms with van der Waals surface area (Å²) in [5, 5.41) is 6.99. The Morgan fingerprint density at radius 2 is 2.11 bits per heavy atom. The molecule has 0 bridgehead atoms. The minimum Gasteiger partial charge on any atom is -0.366 e. The van der Waals surface area contributed by atoms with Crippen molar-refractivity contribution in [2.24, 2.45) is 5.92 Å². The lowest BCUT2D eigenvalue weighted by Crippen LogP contribution is -2.33. The number of hydrogen-bond acceptors (Lipinski definition) is 4. The number of nitrogens with one attached hydrogen (secondary N) is 1. The first-order valence-corrected chi connectivity index (χ1v) is 7.67. The summed E-state index contributed by atoms with van der Waals surface area (Å²) in [7, 11) is 4.24. The fourth-order valence-corrected chi connectivity index (χ4v) is 3.17. The molecule has 2 aromatic rings. The second-order valence-corrected chi connectivity index (χ2v) is 6.67. The van der Waals surface area contributed by atoms with Crippen molar-refractivity contribution in [3.8, 4) is 0 Å². The standard InChI is InChI=1S/C15H23N3S/c1-11(2)9-12(10-18(3)4)17-15-13-6-8-19-14(13)5-7-16-15/h5-8,11-12H,9-10H2,1-4H3,(H,16,17). The molecule has 19 heavy (non-hydrogen) atoms. The Morgan fingerprint density at radius 1 is 1.32 bits per heavy atom. The molecule has 1 atom stereocenters. The fourth-order valence-electron chi connectivity index (χ4n) is 2.39. The van der Waals surface area contributed by atoms with Crippen LogP contribution in [0.15, 0.2) is 23.7 Å². The molecule has 0 fully saturated rings. The minimum atomic E-state index is 0.438. The van der Waals surface area contributed by atoms with Gasteiger partial charge in [-0.25, -0.2) is 4.98 Å². The molecule has 2 aromatic heterocycles. The molecule has 0 aliphatic rings. The van der Waals surface area contributed by atoms with E-state index < -0.39 is 0 Å². The summed E-state index contributed by atoms with van der Waals surface area (Å²) >= 11 is 1.77. The number of likely N-dealkylation sites (N-methyl/N-ethyl adjacent to an activating group) is 1. The molecule has 0 saturated carbocycles. The van der Waals surface area contributed by atoms with Crippen LogP contribution < -0.4 is 5.32 Å². The normalized spacial score (nSPS) is 13.4. The van der Waals surface area contributed by atoms with Gasteiger partial charge in [-0.15, -0.1) is 11.3 Å². The quantitative estimate of drug-likeness (QED) is 0.873. The number of thiophene rings is 1. The largest absolute Gasteiger partial charge is 0.366 e. The number of anilines is 1. The van der Waals surface area contributed by atoms with E-state index in [0.717, 1.165) is 18.8 Å². The third-order valence-electron chi connectivity index (χ3n) is 3.06. The van der Waals surface area contributed by atoms with Crippen molar-refractivity contribution in [2.45, 2.75) is 26.3 Å². The van der Waals surface area contributed by atoms with E-state index in [4.69, 9.17) is 0 Å². The van der Waals surface area contributed by atoms with Crippen molar-refractivity contribution in [1.29, 1.82) is 0 Å². The summed E-state index contributed by atoms with van der Waals surface area (Å²) in [5.41, 5.74) is 0. The third kappa shape index (κ3) is 3.91. The van der Waals surface area contributed by atoms with Gasteiger partial charge in [0.2, 0.25) is 0 Å². The molecule has 0 amide bonds. The number of pyridine rings is 1. The van der Waals surface area contributed by atoms with Gasteiger partial charge in [0.25, 0.3) is 0 Å². The van der Waals surface area contributed by atoms with Gasteiger partial charge in [-0.05, 0) is 43.9 Å². The van der Waals surface area contributed by atoms with Crippen LogP contribution in [-0.2, 0) is 0 Å². The molecule has 0 spiro atoms. The SMILES string of the molecule is CC(C)CC(CN(C)C)Nc1nccc2sccc12. The first-order chi connectivity index (χ1) is 9.06. The van der Waals surface area contributed by atoms with Gasteiger partial charge in [-0.2, -0.15) is 0 Å². The molecular weight excluding hydrogens is 254 g/mol. The lowest BCUT2D eigenvalue weighted by atomic mass is 10.0. The highest BCUT2D eigenvalue weighted by atomic mass is 32.1. The highest BCUT2D eigenvalue weighted by Crippen LogP contribution is 2.26. The Bertz CT molecular complexity index is 509. The van der Waals surface area contributed by atoms with E-state index >= 15 is 0 Å². The van der Waals surface area contributed by atoms with E-state index in [1.807, 2.05) is 6.20 Å². The molecule has 0 aromatic carbocycles. The first-order valence-electron chi connectivity index (χ1n) is 6.79. The van der Waals surface area contributed by atoms with Crippen LogP contribution in [-0.4, -0.2) is 36.6 Å². The van der Waals surface area contributed by atoms with Crippen molar-refractivity contribution < 1.29 is 0 Å². The average molecular weight is 277 g/mol. The van der Waals surface area contributed by atoms with Crippen molar-refractivity contribution in [2.75, 3.05) is 26.0 Å². The Hall–Kier alpha value is -1.13. The molecule has 2 heterocycles. The predicted molar refractivity (Wildman–Crippen MR) is 85.0 cm³/mol. The van der Waals surface area contributed by atoms with Crippen molar-refractivity contribution in [3.63, 3.8) is 0 Å². The van der Waals surface area contributed by atoms with E-state index in [-0.39, 0.29) is 0 Å². The van der Waals surface area contributed by atoms with Crippen molar-refractivity contribution in [3.05, 3.63) is 23.7 Å². The number of nitrogens with zero attached hydrogens (tertiary/aromatic N) is 2. The maximum absolute atomic E-state index is 4.51. The summed E-state index contributed by atoms with van der Waals surface area (Å²) in [6.45, 7) is 5.56. The van der Waals surface area contributed by atoms with Gasteiger partial charge in [0.05, 0.1) is 0 Å². The van der Waals surface area contributed by atoms with E-state index in [0.29, 0.717) is 12.0 Å². The summed E-state index contributed by atoms with van der Waals surface area (Å²) in [6.07, 6.45) is 3.05. The molecule has 0 saturated heterocycles. The fraction of sp³-hybridized carbons (Fsp3) is 0.533. The summed E-state index contributed by atoms with van der Waals surface area (Å²) in [4.78, 5) is 6.74.